The topological polar surface area (TPSA) is 91.7 Å². The molecule has 2 aromatic rings. The second-order valence-corrected chi connectivity index (χ2v) is 8.74. The maximum Gasteiger partial charge on any atom is 0.241 e. The van der Waals surface area contributed by atoms with E-state index in [1.54, 1.807) is 12.3 Å². The SMILES string of the molecule is O=C(C1CC(c2ccco2)NN1)N1CC(S(=O)(=O)c2ccc(F)cc2)C1. The Hall–Kier alpha value is -2.23. The van der Waals surface area contributed by atoms with Gasteiger partial charge in [-0.1, -0.05) is 0 Å². The molecule has 0 radical (unpaired) electrons. The summed E-state index contributed by atoms with van der Waals surface area (Å²) in [5.41, 5.74) is 5.96. The van der Waals surface area contributed by atoms with Crippen LogP contribution in [0.3, 0.4) is 0 Å². The molecule has 3 heterocycles. The fraction of sp³-hybridized carbons (Fsp3) is 0.353. The van der Waals surface area contributed by atoms with Crippen LogP contribution in [0.2, 0.25) is 0 Å². The minimum Gasteiger partial charge on any atom is -0.468 e. The van der Waals surface area contributed by atoms with Crippen molar-refractivity contribution in [3.63, 3.8) is 0 Å². The zero-order valence-electron chi connectivity index (χ0n) is 13.8. The predicted octanol–water partition coefficient (Wildman–Crippen LogP) is 1.01. The molecule has 1 amide bonds. The Bertz CT molecular complexity index is 893. The van der Waals surface area contributed by atoms with Gasteiger partial charge in [-0.3, -0.25) is 4.79 Å². The number of nitrogens with zero attached hydrogens (tertiary/aromatic N) is 1. The number of sulfone groups is 1. The van der Waals surface area contributed by atoms with Gasteiger partial charge in [-0.05, 0) is 42.8 Å². The molecule has 9 heteroatoms. The van der Waals surface area contributed by atoms with Crippen molar-refractivity contribution in [1.82, 2.24) is 15.8 Å². The van der Waals surface area contributed by atoms with Gasteiger partial charge in [0.2, 0.25) is 5.91 Å². The van der Waals surface area contributed by atoms with E-state index in [4.69, 9.17) is 4.42 Å². The molecule has 1 aromatic heterocycles. The number of carbonyl (C=O) groups is 1. The molecule has 0 spiro atoms. The Labute approximate surface area is 150 Å². The molecule has 2 N–H and O–H groups in total. The lowest BCUT2D eigenvalue weighted by Gasteiger charge is -2.39. The molecule has 2 atom stereocenters. The van der Waals surface area contributed by atoms with Gasteiger partial charge in [-0.25, -0.2) is 23.7 Å². The van der Waals surface area contributed by atoms with Crippen LogP contribution in [0.4, 0.5) is 4.39 Å². The number of nitrogens with one attached hydrogen (secondary N) is 2. The average Bonchev–Trinajstić information content (AvgIpc) is 3.25. The second kappa shape index (κ2) is 6.49. The number of rotatable bonds is 4. The van der Waals surface area contributed by atoms with E-state index in [0.717, 1.165) is 17.9 Å². The molecule has 138 valence electrons. The molecule has 4 rings (SSSR count). The van der Waals surface area contributed by atoms with Crippen LogP contribution in [-0.4, -0.2) is 43.6 Å². The number of hydrogen-bond donors (Lipinski definition) is 2. The van der Waals surface area contributed by atoms with Crippen LogP contribution < -0.4 is 10.9 Å². The average molecular weight is 379 g/mol. The highest BCUT2D eigenvalue weighted by molar-refractivity contribution is 7.92. The Balaban J connectivity index is 1.36. The van der Waals surface area contributed by atoms with Crippen molar-refractivity contribution < 1.29 is 22.0 Å². The molecule has 2 aliphatic rings. The summed E-state index contributed by atoms with van der Waals surface area (Å²) in [6.45, 7) is 0.282. The summed E-state index contributed by atoms with van der Waals surface area (Å²) in [5.74, 6) is 0.116. The third-order valence-electron chi connectivity index (χ3n) is 4.83. The van der Waals surface area contributed by atoms with Crippen molar-refractivity contribution in [2.24, 2.45) is 0 Å². The predicted molar refractivity (Wildman–Crippen MR) is 90.1 cm³/mol. The number of halogens is 1. The first-order valence-electron chi connectivity index (χ1n) is 8.28. The minimum atomic E-state index is -3.57. The fourth-order valence-electron chi connectivity index (χ4n) is 3.25. The fourth-order valence-corrected chi connectivity index (χ4v) is 4.90. The first-order chi connectivity index (χ1) is 12.4. The summed E-state index contributed by atoms with van der Waals surface area (Å²) >= 11 is 0. The van der Waals surface area contributed by atoms with Crippen LogP contribution in [0.15, 0.2) is 52.0 Å². The van der Waals surface area contributed by atoms with E-state index in [9.17, 15) is 17.6 Å². The van der Waals surface area contributed by atoms with Crippen molar-refractivity contribution in [3.05, 3.63) is 54.2 Å². The third kappa shape index (κ3) is 3.02. The molecule has 1 aromatic carbocycles. The number of furan rings is 1. The summed E-state index contributed by atoms with van der Waals surface area (Å²) in [6, 6.07) is 7.85. The van der Waals surface area contributed by atoms with Gasteiger partial charge in [-0.2, -0.15) is 0 Å². The molecule has 0 aliphatic carbocycles. The first kappa shape index (κ1) is 17.2. The van der Waals surface area contributed by atoms with E-state index in [-0.39, 0.29) is 29.9 Å². The number of benzene rings is 1. The van der Waals surface area contributed by atoms with Crippen LogP contribution in [0.25, 0.3) is 0 Å². The molecule has 2 saturated heterocycles. The smallest absolute Gasteiger partial charge is 0.241 e. The van der Waals surface area contributed by atoms with E-state index < -0.39 is 26.9 Å². The van der Waals surface area contributed by atoms with Crippen molar-refractivity contribution >= 4 is 15.7 Å². The Kier molecular flexibility index (Phi) is 4.29. The monoisotopic (exact) mass is 379 g/mol. The van der Waals surface area contributed by atoms with Crippen molar-refractivity contribution in [3.8, 4) is 0 Å². The Morgan fingerprint density at radius 2 is 1.88 bits per heavy atom. The summed E-state index contributed by atoms with van der Waals surface area (Å²) in [4.78, 5) is 14.1. The molecule has 7 nitrogen and oxygen atoms in total. The molecule has 0 bridgehead atoms. The van der Waals surface area contributed by atoms with Crippen LogP contribution in [0.1, 0.15) is 18.2 Å². The highest BCUT2D eigenvalue weighted by Crippen LogP contribution is 2.27. The van der Waals surface area contributed by atoms with Crippen molar-refractivity contribution in [2.75, 3.05) is 13.1 Å². The van der Waals surface area contributed by atoms with Gasteiger partial charge in [-0.15, -0.1) is 0 Å². The van der Waals surface area contributed by atoms with Gasteiger partial charge in [0.15, 0.2) is 9.84 Å². The van der Waals surface area contributed by atoms with Gasteiger partial charge in [0.25, 0.3) is 0 Å². The van der Waals surface area contributed by atoms with Gasteiger partial charge < -0.3 is 9.32 Å². The summed E-state index contributed by atoms with van der Waals surface area (Å²) < 4.78 is 43.4. The van der Waals surface area contributed by atoms with E-state index >= 15 is 0 Å². The third-order valence-corrected chi connectivity index (χ3v) is 6.93. The van der Waals surface area contributed by atoms with Gasteiger partial charge in [0.1, 0.15) is 22.9 Å². The van der Waals surface area contributed by atoms with E-state index in [0.29, 0.717) is 6.42 Å². The molecule has 26 heavy (non-hydrogen) atoms. The Morgan fingerprint density at radius 3 is 2.54 bits per heavy atom. The maximum atomic E-state index is 13.0. The van der Waals surface area contributed by atoms with Crippen LogP contribution in [0, 0.1) is 5.82 Å². The van der Waals surface area contributed by atoms with Crippen LogP contribution in [-0.2, 0) is 14.6 Å². The number of hydrogen-bond acceptors (Lipinski definition) is 6. The summed E-state index contributed by atoms with van der Waals surface area (Å²) in [6.07, 6.45) is 2.10. The lowest BCUT2D eigenvalue weighted by Crippen LogP contribution is -2.60. The van der Waals surface area contributed by atoms with Gasteiger partial charge in [0, 0.05) is 13.1 Å². The minimum absolute atomic E-state index is 0.0783. The van der Waals surface area contributed by atoms with Gasteiger partial charge in [0.05, 0.1) is 17.2 Å². The highest BCUT2D eigenvalue weighted by Gasteiger charge is 2.44. The van der Waals surface area contributed by atoms with Gasteiger partial charge >= 0.3 is 0 Å². The highest BCUT2D eigenvalue weighted by atomic mass is 32.2. The maximum absolute atomic E-state index is 13.0. The number of hydrazine groups is 1. The lowest BCUT2D eigenvalue weighted by atomic mass is 10.1. The zero-order valence-corrected chi connectivity index (χ0v) is 14.6. The second-order valence-electron chi connectivity index (χ2n) is 6.51. The van der Waals surface area contributed by atoms with Crippen molar-refractivity contribution in [2.45, 2.75) is 28.6 Å². The Morgan fingerprint density at radius 1 is 1.15 bits per heavy atom. The van der Waals surface area contributed by atoms with Crippen LogP contribution in [0.5, 0.6) is 0 Å². The largest absolute Gasteiger partial charge is 0.468 e. The van der Waals surface area contributed by atoms with E-state index in [1.165, 1.54) is 17.0 Å². The molecular weight excluding hydrogens is 361 g/mol. The molecular formula is C17H18FN3O4S. The number of amides is 1. The molecule has 2 unspecified atom stereocenters. The zero-order chi connectivity index (χ0) is 18.3. The molecule has 2 fully saturated rings. The summed E-state index contributed by atoms with van der Waals surface area (Å²) in [5, 5.41) is -0.660. The summed E-state index contributed by atoms with van der Waals surface area (Å²) in [7, 11) is -3.57. The van der Waals surface area contributed by atoms with Crippen molar-refractivity contribution in [1.29, 1.82) is 0 Å². The standard InChI is InChI=1S/C17H18FN3O4S/c18-11-3-5-12(6-4-11)26(23,24)13-9-21(10-13)17(22)15-8-14(19-20-15)16-2-1-7-25-16/h1-7,13-15,19-20H,8-10H2. The first-order valence-corrected chi connectivity index (χ1v) is 9.82. The quantitative estimate of drug-likeness (QED) is 0.771. The molecule has 0 saturated carbocycles. The van der Waals surface area contributed by atoms with E-state index in [1.807, 2.05) is 6.07 Å². The van der Waals surface area contributed by atoms with Crippen LogP contribution >= 0.6 is 0 Å². The number of likely N-dealkylation sites (tertiary alicyclic amines) is 1. The molecule has 2 aliphatic heterocycles. The van der Waals surface area contributed by atoms with E-state index in [2.05, 4.69) is 10.9 Å². The normalized spacial score (nSPS) is 23.8. The lowest BCUT2D eigenvalue weighted by molar-refractivity contribution is -0.136. The number of carbonyl (C=O) groups excluding carboxylic acids is 1.